The Morgan fingerprint density at radius 3 is 2.56 bits per heavy atom. The Hall–Kier alpha value is -1.81. The molecule has 0 aliphatic rings. The monoisotopic (exact) mass is 246 g/mol. The third kappa shape index (κ3) is 3.60. The van der Waals surface area contributed by atoms with Gasteiger partial charge in [-0.05, 0) is 29.7 Å². The maximum absolute atomic E-state index is 8.82. The first-order valence-electron chi connectivity index (χ1n) is 6.08. The van der Waals surface area contributed by atoms with E-state index in [0.29, 0.717) is 13.0 Å². The highest BCUT2D eigenvalue weighted by Gasteiger charge is 1.98. The van der Waals surface area contributed by atoms with E-state index in [-0.39, 0.29) is 6.61 Å². The van der Waals surface area contributed by atoms with E-state index in [1.54, 1.807) is 4.68 Å². The van der Waals surface area contributed by atoms with E-state index in [1.807, 2.05) is 43.7 Å². The summed E-state index contributed by atoms with van der Waals surface area (Å²) in [6.07, 6.45) is 5.39. The minimum Gasteiger partial charge on any atom is -0.493 e. The lowest BCUT2D eigenvalue weighted by molar-refractivity contribution is 0.299. The Morgan fingerprint density at radius 2 is 1.94 bits per heavy atom. The van der Waals surface area contributed by atoms with Gasteiger partial charge in [0, 0.05) is 26.3 Å². The minimum absolute atomic E-state index is 0.182. The van der Waals surface area contributed by atoms with Crippen LogP contribution >= 0.6 is 0 Å². The van der Waals surface area contributed by atoms with Crippen LogP contribution in [0.15, 0.2) is 36.7 Å². The van der Waals surface area contributed by atoms with Crippen LogP contribution in [0.1, 0.15) is 11.1 Å². The first kappa shape index (κ1) is 12.6. The van der Waals surface area contributed by atoms with Gasteiger partial charge in [-0.25, -0.2) is 0 Å². The van der Waals surface area contributed by atoms with Crippen molar-refractivity contribution in [1.29, 1.82) is 0 Å². The van der Waals surface area contributed by atoms with Gasteiger partial charge in [0.25, 0.3) is 0 Å². The van der Waals surface area contributed by atoms with Crippen LogP contribution < -0.4 is 4.74 Å². The molecule has 96 valence electrons. The summed E-state index contributed by atoms with van der Waals surface area (Å²) in [5.74, 6) is 0.862. The number of nitrogens with zero attached hydrogens (tertiary/aromatic N) is 2. The minimum atomic E-state index is 0.182. The molecule has 1 heterocycles. The summed E-state index contributed by atoms with van der Waals surface area (Å²) in [7, 11) is 1.91. The Kier molecular flexibility index (Phi) is 4.36. The van der Waals surface area contributed by atoms with E-state index >= 15 is 0 Å². The zero-order chi connectivity index (χ0) is 12.8. The van der Waals surface area contributed by atoms with Crippen molar-refractivity contribution in [2.24, 2.45) is 7.05 Å². The maximum atomic E-state index is 8.82. The molecule has 0 fully saturated rings. The molecule has 0 amide bonds. The van der Waals surface area contributed by atoms with Crippen molar-refractivity contribution in [3.63, 3.8) is 0 Å². The Morgan fingerprint density at radius 1 is 1.17 bits per heavy atom. The maximum Gasteiger partial charge on any atom is 0.119 e. The van der Waals surface area contributed by atoms with Gasteiger partial charge in [-0.1, -0.05) is 12.1 Å². The smallest absolute Gasteiger partial charge is 0.119 e. The molecule has 4 nitrogen and oxygen atoms in total. The highest BCUT2D eigenvalue weighted by atomic mass is 16.5. The molecule has 0 atom stereocenters. The molecule has 18 heavy (non-hydrogen) atoms. The highest BCUT2D eigenvalue weighted by Crippen LogP contribution is 2.13. The SMILES string of the molecule is Cn1cc(CCOc2ccc(CCO)cc2)cn1. The molecule has 0 bridgehead atoms. The molecule has 1 aromatic carbocycles. The molecule has 0 aliphatic carbocycles. The molecule has 1 N–H and O–H groups in total. The van der Waals surface area contributed by atoms with Crippen LogP contribution in [0.2, 0.25) is 0 Å². The van der Waals surface area contributed by atoms with Gasteiger partial charge in [-0.15, -0.1) is 0 Å². The van der Waals surface area contributed by atoms with E-state index in [2.05, 4.69) is 5.10 Å². The van der Waals surface area contributed by atoms with Crippen molar-refractivity contribution in [3.8, 4) is 5.75 Å². The lowest BCUT2D eigenvalue weighted by Crippen LogP contribution is -2.01. The molecule has 2 aromatic rings. The van der Waals surface area contributed by atoms with E-state index in [4.69, 9.17) is 9.84 Å². The van der Waals surface area contributed by atoms with Crippen LogP contribution in [0.3, 0.4) is 0 Å². The summed E-state index contributed by atoms with van der Waals surface area (Å²) >= 11 is 0. The number of aliphatic hydroxyl groups is 1. The number of aryl methyl sites for hydroxylation is 1. The van der Waals surface area contributed by atoms with Crippen LogP contribution in [-0.4, -0.2) is 28.1 Å². The van der Waals surface area contributed by atoms with Gasteiger partial charge in [-0.2, -0.15) is 5.10 Å². The summed E-state index contributed by atoms with van der Waals surface area (Å²) in [6.45, 7) is 0.826. The lowest BCUT2D eigenvalue weighted by Gasteiger charge is -2.06. The van der Waals surface area contributed by atoms with Gasteiger partial charge < -0.3 is 9.84 Å². The first-order valence-corrected chi connectivity index (χ1v) is 6.08. The quantitative estimate of drug-likeness (QED) is 0.841. The van der Waals surface area contributed by atoms with E-state index < -0.39 is 0 Å². The van der Waals surface area contributed by atoms with Crippen molar-refractivity contribution >= 4 is 0 Å². The number of aromatic nitrogens is 2. The van der Waals surface area contributed by atoms with Gasteiger partial charge >= 0.3 is 0 Å². The molecule has 0 saturated heterocycles. The van der Waals surface area contributed by atoms with Gasteiger partial charge in [0.05, 0.1) is 12.8 Å². The number of ether oxygens (including phenoxy) is 1. The summed E-state index contributed by atoms with van der Waals surface area (Å²) in [6, 6.07) is 7.84. The van der Waals surface area contributed by atoms with Gasteiger partial charge in [0.2, 0.25) is 0 Å². The van der Waals surface area contributed by atoms with Crippen molar-refractivity contribution in [2.75, 3.05) is 13.2 Å². The molecule has 0 saturated carbocycles. The van der Waals surface area contributed by atoms with Crippen molar-refractivity contribution in [2.45, 2.75) is 12.8 Å². The van der Waals surface area contributed by atoms with Gasteiger partial charge in [0.1, 0.15) is 5.75 Å². The number of hydrogen-bond donors (Lipinski definition) is 1. The molecule has 0 radical (unpaired) electrons. The highest BCUT2D eigenvalue weighted by molar-refractivity contribution is 5.27. The second kappa shape index (κ2) is 6.21. The van der Waals surface area contributed by atoms with Crippen LogP contribution in [0.5, 0.6) is 5.75 Å². The molecular weight excluding hydrogens is 228 g/mol. The Bertz CT molecular complexity index is 477. The van der Waals surface area contributed by atoms with Crippen LogP contribution in [-0.2, 0) is 19.9 Å². The normalized spacial score (nSPS) is 10.6. The molecule has 1 aromatic heterocycles. The fourth-order valence-corrected chi connectivity index (χ4v) is 1.77. The average Bonchev–Trinajstić information content (AvgIpc) is 2.78. The van der Waals surface area contributed by atoms with Crippen LogP contribution in [0.25, 0.3) is 0 Å². The predicted molar refractivity (Wildman–Crippen MR) is 69.6 cm³/mol. The standard InChI is InChI=1S/C14H18N2O2/c1-16-11-13(10-15-16)7-9-18-14-4-2-12(3-5-14)6-8-17/h2-5,10-11,17H,6-9H2,1H3. The van der Waals surface area contributed by atoms with Gasteiger partial charge in [0.15, 0.2) is 0 Å². The zero-order valence-electron chi connectivity index (χ0n) is 10.5. The Labute approximate surface area is 107 Å². The molecule has 0 aliphatic heterocycles. The third-order valence-corrected chi connectivity index (χ3v) is 2.74. The summed E-state index contributed by atoms with van der Waals surface area (Å²) in [5, 5.41) is 12.9. The molecule has 0 unspecified atom stereocenters. The third-order valence-electron chi connectivity index (χ3n) is 2.74. The fourth-order valence-electron chi connectivity index (χ4n) is 1.77. The van der Waals surface area contributed by atoms with E-state index in [0.717, 1.165) is 17.7 Å². The topological polar surface area (TPSA) is 47.3 Å². The van der Waals surface area contributed by atoms with Crippen molar-refractivity contribution < 1.29 is 9.84 Å². The average molecular weight is 246 g/mol. The first-order chi connectivity index (χ1) is 8.78. The van der Waals surface area contributed by atoms with Crippen LogP contribution in [0, 0.1) is 0 Å². The van der Waals surface area contributed by atoms with E-state index in [9.17, 15) is 0 Å². The largest absolute Gasteiger partial charge is 0.493 e. The molecule has 2 rings (SSSR count). The fraction of sp³-hybridized carbons (Fsp3) is 0.357. The van der Waals surface area contributed by atoms with Crippen molar-refractivity contribution in [1.82, 2.24) is 9.78 Å². The second-order valence-corrected chi connectivity index (χ2v) is 4.24. The molecule has 0 spiro atoms. The Balaban J connectivity index is 1.79. The number of aliphatic hydroxyl groups excluding tert-OH is 1. The molecule has 4 heteroatoms. The van der Waals surface area contributed by atoms with Gasteiger partial charge in [-0.3, -0.25) is 4.68 Å². The zero-order valence-corrected chi connectivity index (χ0v) is 10.5. The van der Waals surface area contributed by atoms with Crippen LogP contribution in [0.4, 0.5) is 0 Å². The number of hydrogen-bond acceptors (Lipinski definition) is 3. The summed E-state index contributed by atoms with van der Waals surface area (Å²) in [4.78, 5) is 0. The van der Waals surface area contributed by atoms with Crippen molar-refractivity contribution in [3.05, 3.63) is 47.8 Å². The molecular formula is C14H18N2O2. The second-order valence-electron chi connectivity index (χ2n) is 4.24. The van der Waals surface area contributed by atoms with E-state index in [1.165, 1.54) is 5.56 Å². The summed E-state index contributed by atoms with van der Waals surface area (Å²) < 4.78 is 7.44. The predicted octanol–water partition coefficient (Wildman–Crippen LogP) is 1.58. The number of benzene rings is 1. The number of rotatable bonds is 6. The summed E-state index contributed by atoms with van der Waals surface area (Å²) in [5.41, 5.74) is 2.30. The lowest BCUT2D eigenvalue weighted by atomic mass is 10.1.